The minimum atomic E-state index is -0.848. The molecule has 2 heterocycles. The molecule has 37 heavy (non-hydrogen) atoms. The number of benzene rings is 3. The van der Waals surface area contributed by atoms with E-state index >= 15 is 0 Å². The summed E-state index contributed by atoms with van der Waals surface area (Å²) in [7, 11) is 1.93. The maximum atomic E-state index is 13.6. The Bertz CT molecular complexity index is 1450. The first kappa shape index (κ1) is 23.2. The molecule has 1 spiro atoms. The van der Waals surface area contributed by atoms with Gasteiger partial charge >= 0.3 is 6.03 Å². The predicted octanol–water partition coefficient (Wildman–Crippen LogP) is 4.41. The molecule has 7 heteroatoms. The zero-order valence-corrected chi connectivity index (χ0v) is 20.8. The highest BCUT2D eigenvalue weighted by Gasteiger charge is 2.52. The van der Waals surface area contributed by atoms with Gasteiger partial charge < -0.3 is 5.32 Å². The van der Waals surface area contributed by atoms with E-state index in [-0.39, 0.29) is 18.6 Å². The number of imide groups is 1. The number of amides is 3. The second kappa shape index (κ2) is 9.33. The number of fused-ring (bicyclic) bond motifs is 1. The van der Waals surface area contributed by atoms with Gasteiger partial charge in [-0.05, 0) is 43.1 Å². The number of aryl methyl sites for hydroxylation is 1. The highest BCUT2D eigenvalue weighted by molar-refractivity contribution is 6.07. The molecule has 1 fully saturated rings. The van der Waals surface area contributed by atoms with Gasteiger partial charge in [-0.2, -0.15) is 5.10 Å². The lowest BCUT2D eigenvalue weighted by molar-refractivity contribution is -0.133. The Morgan fingerprint density at radius 1 is 0.919 bits per heavy atom. The monoisotopic (exact) mass is 491 g/mol. The molecule has 186 valence electrons. The van der Waals surface area contributed by atoms with Crippen molar-refractivity contribution in [3.05, 3.63) is 108 Å². The SMILES string of the molecule is CN(Cc1cn(-c2ccccc2)nc1-c1ccccc1)CN1C(=O)NC2(CCc3ccccc3C2)C1=O. The Balaban J connectivity index is 1.23. The van der Waals surface area contributed by atoms with Gasteiger partial charge in [0.15, 0.2) is 0 Å². The number of nitrogens with one attached hydrogen (secondary N) is 1. The van der Waals surface area contributed by atoms with Crippen LogP contribution in [0.2, 0.25) is 0 Å². The standard InChI is InChI=1S/C30H29N5O2/c1-33(21-34-28(36)30(31-29(34)37)17-16-22-10-8-9-13-24(22)18-30)19-25-20-35(26-14-6-3-7-15-26)32-27(25)23-11-4-2-5-12-23/h2-15,20H,16-19,21H2,1H3,(H,31,37). The van der Waals surface area contributed by atoms with Crippen molar-refractivity contribution in [2.24, 2.45) is 0 Å². The zero-order valence-electron chi connectivity index (χ0n) is 20.8. The Labute approximate surface area is 216 Å². The third kappa shape index (κ3) is 4.32. The van der Waals surface area contributed by atoms with Gasteiger partial charge in [-0.25, -0.2) is 14.4 Å². The third-order valence-electron chi connectivity index (χ3n) is 7.36. The molecule has 3 amide bonds. The van der Waals surface area contributed by atoms with E-state index < -0.39 is 5.54 Å². The van der Waals surface area contributed by atoms with Crippen molar-refractivity contribution in [3.63, 3.8) is 0 Å². The number of para-hydroxylation sites is 1. The van der Waals surface area contributed by atoms with Crippen molar-refractivity contribution >= 4 is 11.9 Å². The lowest BCUT2D eigenvalue weighted by atomic mass is 9.78. The van der Waals surface area contributed by atoms with Gasteiger partial charge in [0, 0.05) is 30.3 Å². The fourth-order valence-corrected chi connectivity index (χ4v) is 5.49. The molecule has 3 aromatic carbocycles. The van der Waals surface area contributed by atoms with Crippen LogP contribution in [0.5, 0.6) is 0 Å². The average molecular weight is 492 g/mol. The smallest absolute Gasteiger partial charge is 0.323 e. The molecule has 1 N–H and O–H groups in total. The maximum absolute atomic E-state index is 13.6. The molecule has 0 saturated carbocycles. The third-order valence-corrected chi connectivity index (χ3v) is 7.36. The van der Waals surface area contributed by atoms with Gasteiger partial charge in [-0.15, -0.1) is 0 Å². The molecule has 1 aromatic heterocycles. The van der Waals surface area contributed by atoms with E-state index in [0.29, 0.717) is 19.4 Å². The number of hydrogen-bond acceptors (Lipinski definition) is 4. The molecular formula is C30H29N5O2. The maximum Gasteiger partial charge on any atom is 0.326 e. The Morgan fingerprint density at radius 3 is 2.35 bits per heavy atom. The normalized spacial score (nSPS) is 18.9. The van der Waals surface area contributed by atoms with E-state index in [1.807, 2.05) is 95.6 Å². The average Bonchev–Trinajstić information content (AvgIpc) is 3.44. The summed E-state index contributed by atoms with van der Waals surface area (Å²) in [6, 6.07) is 27.9. The fraction of sp³-hybridized carbons (Fsp3) is 0.233. The molecule has 0 bridgehead atoms. The number of carbonyl (C=O) groups excluding carboxylic acids is 2. The van der Waals surface area contributed by atoms with E-state index in [4.69, 9.17) is 5.10 Å². The lowest BCUT2D eigenvalue weighted by Gasteiger charge is -2.32. The van der Waals surface area contributed by atoms with Crippen molar-refractivity contribution in [3.8, 4) is 16.9 Å². The number of carbonyl (C=O) groups is 2. The van der Waals surface area contributed by atoms with Crippen LogP contribution in [0.1, 0.15) is 23.1 Å². The van der Waals surface area contributed by atoms with Crippen LogP contribution in [0.15, 0.2) is 91.1 Å². The fourth-order valence-electron chi connectivity index (χ4n) is 5.49. The summed E-state index contributed by atoms with van der Waals surface area (Å²) in [4.78, 5) is 29.9. The van der Waals surface area contributed by atoms with E-state index in [1.54, 1.807) is 0 Å². The minimum Gasteiger partial charge on any atom is -0.323 e. The highest BCUT2D eigenvalue weighted by atomic mass is 16.2. The molecule has 1 aliphatic heterocycles. The summed E-state index contributed by atoms with van der Waals surface area (Å²) < 4.78 is 1.88. The molecule has 4 aromatic rings. The number of hydrogen-bond donors (Lipinski definition) is 1. The van der Waals surface area contributed by atoms with Crippen LogP contribution >= 0.6 is 0 Å². The molecule has 0 radical (unpaired) electrons. The summed E-state index contributed by atoms with van der Waals surface area (Å²) >= 11 is 0. The second-order valence-electron chi connectivity index (χ2n) is 10.00. The topological polar surface area (TPSA) is 70.5 Å². The van der Waals surface area contributed by atoms with Gasteiger partial charge in [-0.3, -0.25) is 9.69 Å². The molecule has 1 atom stereocenters. The van der Waals surface area contributed by atoms with Gasteiger partial charge in [0.05, 0.1) is 18.1 Å². The summed E-state index contributed by atoms with van der Waals surface area (Å²) in [6.07, 6.45) is 3.97. The van der Waals surface area contributed by atoms with Crippen LogP contribution in [0.4, 0.5) is 4.79 Å². The Morgan fingerprint density at radius 2 is 1.59 bits per heavy atom. The van der Waals surface area contributed by atoms with Crippen LogP contribution in [-0.4, -0.2) is 50.8 Å². The van der Waals surface area contributed by atoms with Gasteiger partial charge in [0.25, 0.3) is 5.91 Å². The van der Waals surface area contributed by atoms with Crippen LogP contribution in [0.3, 0.4) is 0 Å². The molecule has 7 nitrogen and oxygen atoms in total. The Hall–Kier alpha value is -4.23. The summed E-state index contributed by atoms with van der Waals surface area (Å²) in [6.45, 7) is 0.739. The zero-order chi connectivity index (χ0) is 25.4. The molecular weight excluding hydrogens is 462 g/mol. The van der Waals surface area contributed by atoms with Crippen molar-refractivity contribution in [1.82, 2.24) is 24.9 Å². The van der Waals surface area contributed by atoms with Crippen LogP contribution in [0.25, 0.3) is 16.9 Å². The molecule has 1 saturated heterocycles. The molecule has 1 aliphatic carbocycles. The van der Waals surface area contributed by atoms with Gasteiger partial charge in [0.1, 0.15) is 5.54 Å². The number of rotatable bonds is 6. The van der Waals surface area contributed by atoms with Crippen LogP contribution in [-0.2, 0) is 24.2 Å². The first-order valence-electron chi connectivity index (χ1n) is 12.6. The molecule has 2 aliphatic rings. The van der Waals surface area contributed by atoms with Crippen LogP contribution < -0.4 is 5.32 Å². The van der Waals surface area contributed by atoms with Crippen molar-refractivity contribution in [2.45, 2.75) is 31.3 Å². The van der Waals surface area contributed by atoms with Crippen molar-refractivity contribution in [1.29, 1.82) is 0 Å². The first-order chi connectivity index (χ1) is 18.0. The van der Waals surface area contributed by atoms with Crippen LogP contribution in [0, 0.1) is 0 Å². The highest BCUT2D eigenvalue weighted by Crippen LogP contribution is 2.34. The van der Waals surface area contributed by atoms with Gasteiger partial charge in [-0.1, -0.05) is 72.8 Å². The van der Waals surface area contributed by atoms with Crippen molar-refractivity contribution in [2.75, 3.05) is 13.7 Å². The summed E-state index contributed by atoms with van der Waals surface area (Å²) in [5.74, 6) is -0.137. The summed E-state index contributed by atoms with van der Waals surface area (Å²) in [5, 5.41) is 7.92. The van der Waals surface area contributed by atoms with E-state index in [0.717, 1.165) is 34.5 Å². The first-order valence-corrected chi connectivity index (χ1v) is 12.6. The minimum absolute atomic E-state index is 0.137. The van der Waals surface area contributed by atoms with E-state index in [2.05, 4.69) is 17.4 Å². The summed E-state index contributed by atoms with van der Waals surface area (Å²) in [5.41, 5.74) is 5.45. The number of urea groups is 1. The van der Waals surface area contributed by atoms with E-state index in [9.17, 15) is 9.59 Å². The lowest BCUT2D eigenvalue weighted by Crippen LogP contribution is -2.51. The Kier molecular flexibility index (Phi) is 5.85. The largest absolute Gasteiger partial charge is 0.326 e. The van der Waals surface area contributed by atoms with E-state index in [1.165, 1.54) is 10.5 Å². The molecule has 1 unspecified atom stereocenters. The van der Waals surface area contributed by atoms with Crippen molar-refractivity contribution < 1.29 is 9.59 Å². The van der Waals surface area contributed by atoms with Gasteiger partial charge in [0.2, 0.25) is 0 Å². The number of aromatic nitrogens is 2. The predicted molar refractivity (Wildman–Crippen MR) is 142 cm³/mol. The number of nitrogens with zero attached hydrogens (tertiary/aromatic N) is 4. The quantitative estimate of drug-likeness (QED) is 0.406. The second-order valence-corrected chi connectivity index (χ2v) is 10.00. The molecule has 6 rings (SSSR count).